The van der Waals surface area contributed by atoms with Crippen molar-refractivity contribution in [2.45, 2.75) is 51.0 Å². The zero-order valence-corrected chi connectivity index (χ0v) is 37.4. The van der Waals surface area contributed by atoms with E-state index in [4.69, 9.17) is 14.4 Å². The minimum Gasteiger partial charge on any atom is -0.456 e. The molecule has 0 spiro atoms. The Hall–Kier alpha value is -7.34. The largest absolute Gasteiger partial charge is 0.456 e. The lowest BCUT2D eigenvalue weighted by atomic mass is 9.78. The molecule has 0 saturated heterocycles. The van der Waals surface area contributed by atoms with Crippen LogP contribution in [0.5, 0.6) is 0 Å². The average molecular weight is 858 g/mol. The Morgan fingerprint density at radius 3 is 2.31 bits per heavy atom. The normalized spacial score (nSPS) is 19.0. The van der Waals surface area contributed by atoms with Gasteiger partial charge >= 0.3 is 0 Å². The first-order valence-corrected chi connectivity index (χ1v) is 23.5. The van der Waals surface area contributed by atoms with Gasteiger partial charge < -0.3 is 9.32 Å². The predicted molar refractivity (Wildman–Crippen MR) is 274 cm³/mol. The first-order chi connectivity index (χ1) is 31.9. The number of aryl methyl sites for hydroxylation is 1. The maximum Gasteiger partial charge on any atom is 0.160 e. The highest BCUT2D eigenvalue weighted by Crippen LogP contribution is 2.53. The number of aliphatic imine (C=N–C) groups is 2. The molecule has 0 bridgehead atoms. The molecular formula is C60H47N3OS. The van der Waals surface area contributed by atoms with Gasteiger partial charge in [-0.25, -0.2) is 9.98 Å². The fraction of sp³-hybridized carbons (Fsp3) is 0.133. The molecule has 2 unspecified atom stereocenters. The van der Waals surface area contributed by atoms with Gasteiger partial charge in [0.25, 0.3) is 0 Å². The van der Waals surface area contributed by atoms with E-state index in [0.29, 0.717) is 11.5 Å². The summed E-state index contributed by atoms with van der Waals surface area (Å²) < 4.78 is 8.05. The topological polar surface area (TPSA) is 41.1 Å². The summed E-state index contributed by atoms with van der Waals surface area (Å²) in [5.41, 5.74) is 16.7. The fourth-order valence-electron chi connectivity index (χ4n) is 10.6. The second-order valence-electron chi connectivity index (χ2n) is 17.8. The van der Waals surface area contributed by atoms with Crippen molar-refractivity contribution in [3.8, 4) is 11.1 Å². The maximum absolute atomic E-state index is 6.57. The molecule has 12 rings (SSSR count). The number of rotatable bonds is 7. The minimum atomic E-state index is -0.164. The van der Waals surface area contributed by atoms with Gasteiger partial charge in [0.15, 0.2) is 5.84 Å². The average Bonchev–Trinajstić information content (AvgIpc) is 4.01. The lowest BCUT2D eigenvalue weighted by molar-refractivity contribution is 0.605. The zero-order valence-electron chi connectivity index (χ0n) is 36.6. The molecule has 4 aliphatic rings. The number of hydrogen-bond donors (Lipinski definition) is 0. The number of amidine groups is 1. The van der Waals surface area contributed by atoms with Crippen molar-refractivity contribution in [3.63, 3.8) is 0 Å². The minimum absolute atomic E-state index is 0.164. The summed E-state index contributed by atoms with van der Waals surface area (Å²) in [5.74, 6) is 0.851. The van der Waals surface area contributed by atoms with Crippen LogP contribution in [0.2, 0.25) is 0 Å². The van der Waals surface area contributed by atoms with E-state index in [2.05, 4.69) is 152 Å². The quantitative estimate of drug-likeness (QED) is 0.118. The Labute approximate surface area is 383 Å². The molecule has 314 valence electrons. The molecule has 0 saturated carbocycles. The molecule has 65 heavy (non-hydrogen) atoms. The first-order valence-electron chi connectivity index (χ1n) is 22.7. The van der Waals surface area contributed by atoms with Crippen molar-refractivity contribution >= 4 is 73.9 Å². The standard InChI is InChI=1S/C60H47N3OS/c1-38(40-16-7-4-8-17-40)61-59(43-18-9-5-10-19-43)62-39(2)41-26-28-42(29-27-41)47-23-15-24-54-56(47)51-37-45(31-33-53(51)64-54)44-30-32-52-50(36-44)57-58-49(48-22-13-14-25-55(48)65-58)34-35-60(57,3)63(52)46-20-11-6-12-21-46/h4-13,15-24,26-34,37,44H,2,14,25,35-36H2,1,3H3/b61-38+,62-59-. The molecule has 2 atom stereocenters. The third-order valence-electron chi connectivity index (χ3n) is 13.8. The summed E-state index contributed by atoms with van der Waals surface area (Å²) in [4.78, 5) is 14.2. The second-order valence-corrected chi connectivity index (χ2v) is 18.9. The van der Waals surface area contributed by atoms with E-state index in [9.17, 15) is 0 Å². The van der Waals surface area contributed by atoms with Crippen molar-refractivity contribution in [1.82, 2.24) is 0 Å². The molecule has 0 amide bonds. The van der Waals surface area contributed by atoms with Gasteiger partial charge in [-0.2, -0.15) is 0 Å². The second kappa shape index (κ2) is 15.7. The number of anilines is 1. The lowest BCUT2D eigenvalue weighted by Crippen LogP contribution is -2.47. The van der Waals surface area contributed by atoms with E-state index in [1.807, 2.05) is 66.8 Å². The van der Waals surface area contributed by atoms with E-state index < -0.39 is 0 Å². The van der Waals surface area contributed by atoms with Gasteiger partial charge in [0.05, 0.1) is 11.2 Å². The van der Waals surface area contributed by atoms with Gasteiger partial charge in [-0.1, -0.05) is 152 Å². The van der Waals surface area contributed by atoms with Gasteiger partial charge in [0, 0.05) is 54.3 Å². The van der Waals surface area contributed by atoms with E-state index >= 15 is 0 Å². The van der Waals surface area contributed by atoms with Gasteiger partial charge in [-0.15, -0.1) is 11.3 Å². The first kappa shape index (κ1) is 39.3. The number of nitrogens with zero attached hydrogens (tertiary/aromatic N) is 3. The Morgan fingerprint density at radius 2 is 1.52 bits per heavy atom. The molecule has 2 aromatic heterocycles. The molecular weight excluding hydrogens is 811 g/mol. The Balaban J connectivity index is 0.896. The molecule has 0 radical (unpaired) electrons. The summed E-state index contributed by atoms with van der Waals surface area (Å²) in [5, 5.41) is 3.72. The highest BCUT2D eigenvalue weighted by atomic mass is 32.1. The van der Waals surface area contributed by atoms with Gasteiger partial charge in [0.1, 0.15) is 11.2 Å². The van der Waals surface area contributed by atoms with Crippen molar-refractivity contribution in [1.29, 1.82) is 0 Å². The molecule has 0 N–H and O–H groups in total. The van der Waals surface area contributed by atoms with Crippen LogP contribution in [0.25, 0.3) is 56.5 Å². The molecule has 4 nitrogen and oxygen atoms in total. The molecule has 3 aliphatic carbocycles. The predicted octanol–water partition coefficient (Wildman–Crippen LogP) is 13.8. The van der Waals surface area contributed by atoms with Gasteiger partial charge in [-0.05, 0) is 120 Å². The van der Waals surface area contributed by atoms with Crippen LogP contribution < -0.4 is 14.7 Å². The van der Waals surface area contributed by atoms with Crippen LogP contribution >= 0.6 is 11.3 Å². The molecule has 5 heteroatoms. The van der Waals surface area contributed by atoms with Crippen LogP contribution in [0, 0.1) is 0 Å². The van der Waals surface area contributed by atoms with Crippen molar-refractivity contribution in [2.75, 3.05) is 4.90 Å². The summed E-state index contributed by atoms with van der Waals surface area (Å²) in [7, 11) is 0. The third-order valence-corrected chi connectivity index (χ3v) is 15.1. The number of thiophene rings is 1. The summed E-state index contributed by atoms with van der Waals surface area (Å²) in [6, 6.07) is 53.2. The smallest absolute Gasteiger partial charge is 0.160 e. The Morgan fingerprint density at radius 1 is 0.769 bits per heavy atom. The highest BCUT2D eigenvalue weighted by molar-refractivity contribution is 7.10. The van der Waals surface area contributed by atoms with Crippen LogP contribution in [0.3, 0.4) is 0 Å². The Bertz CT molecular complexity index is 3510. The molecule has 8 aromatic rings. The molecule has 3 heterocycles. The SMILES string of the molecule is C=C(/N=C(\N=C(/C)c1ccccc1)c1ccccc1)c1ccc(-c2cccc3oc4ccc(C5C=CC6=C(C5)C5=c7sc8c(c7=CCC5(C)N6c5ccccc5)C=CCC8)cc4c23)cc1. The van der Waals surface area contributed by atoms with Crippen molar-refractivity contribution < 1.29 is 4.42 Å². The Kier molecular flexibility index (Phi) is 9.50. The summed E-state index contributed by atoms with van der Waals surface area (Å²) >= 11 is 2.04. The highest BCUT2D eigenvalue weighted by Gasteiger charge is 2.48. The van der Waals surface area contributed by atoms with Gasteiger partial charge in [-0.3, -0.25) is 0 Å². The van der Waals surface area contributed by atoms with Crippen molar-refractivity contribution in [2.24, 2.45) is 9.98 Å². The maximum atomic E-state index is 6.57. The van der Waals surface area contributed by atoms with E-state index in [1.54, 1.807) is 0 Å². The zero-order chi connectivity index (χ0) is 43.6. The van der Waals surface area contributed by atoms with E-state index in [0.717, 1.165) is 81.2 Å². The fourth-order valence-corrected chi connectivity index (χ4v) is 12.1. The summed E-state index contributed by atoms with van der Waals surface area (Å²) in [6.45, 7) is 8.90. The number of benzene rings is 6. The number of hydrogen-bond acceptors (Lipinski definition) is 4. The number of furan rings is 1. The van der Waals surface area contributed by atoms with Crippen LogP contribution in [-0.2, 0) is 6.42 Å². The number of para-hydroxylation sites is 1. The number of allylic oxidation sites excluding steroid dienone is 3. The van der Waals surface area contributed by atoms with Gasteiger partial charge in [0.2, 0.25) is 0 Å². The third kappa shape index (κ3) is 6.64. The molecule has 0 fully saturated rings. The number of fused-ring (bicyclic) bond motifs is 8. The van der Waals surface area contributed by atoms with Crippen LogP contribution in [0.15, 0.2) is 202 Å². The molecule has 1 aliphatic heterocycles. The van der Waals surface area contributed by atoms with Crippen LogP contribution in [0.1, 0.15) is 71.7 Å². The lowest BCUT2D eigenvalue weighted by Gasteiger charge is -2.40. The van der Waals surface area contributed by atoms with Crippen LogP contribution in [-0.4, -0.2) is 17.1 Å². The summed E-state index contributed by atoms with van der Waals surface area (Å²) in [6.07, 6.45) is 16.3. The monoisotopic (exact) mass is 857 g/mol. The molecule has 6 aromatic carbocycles. The van der Waals surface area contributed by atoms with Crippen molar-refractivity contribution in [3.05, 3.63) is 230 Å². The van der Waals surface area contributed by atoms with Crippen LogP contribution in [0.4, 0.5) is 5.69 Å². The van der Waals surface area contributed by atoms with E-state index in [1.165, 1.54) is 48.3 Å². The van der Waals surface area contributed by atoms with E-state index in [-0.39, 0.29) is 11.5 Å².